The van der Waals surface area contributed by atoms with Gasteiger partial charge in [0.2, 0.25) is 0 Å². The molecule has 0 aliphatic rings. The number of alkyl halides is 3. The summed E-state index contributed by atoms with van der Waals surface area (Å²) < 4.78 is 26.9. The fourth-order valence-electron chi connectivity index (χ4n) is 2.35. The number of carboxylic acid groups (broad SMARTS) is 1. The maximum atomic E-state index is 12.9. The van der Waals surface area contributed by atoms with Crippen molar-refractivity contribution >= 4 is 29.2 Å². The van der Waals surface area contributed by atoms with Crippen molar-refractivity contribution in [3.63, 3.8) is 0 Å². The molecule has 1 aromatic heterocycles. The third-order valence-electron chi connectivity index (χ3n) is 3.86. The first-order valence-corrected chi connectivity index (χ1v) is 8.03. The molecule has 0 amide bonds. The Labute approximate surface area is 151 Å². The Kier molecular flexibility index (Phi) is 5.53. The Bertz CT molecular complexity index is 866. The topological polar surface area (TPSA) is 77.1 Å². The molecule has 1 atom stereocenters. The van der Waals surface area contributed by atoms with E-state index in [1.54, 1.807) is 6.92 Å². The average Bonchev–Trinajstić information content (AvgIpc) is 2.84. The first-order chi connectivity index (χ1) is 11.6. The zero-order valence-corrected chi connectivity index (χ0v) is 14.9. The Morgan fingerprint density at radius 1 is 1.44 bits per heavy atom. The number of aryl methyl sites for hydroxylation is 1. The minimum Gasteiger partial charge on any atom is -0.480 e. The number of aromatic nitrogens is 3. The smallest absolute Gasteiger partial charge is 0.355 e. The number of nitrogens with zero attached hydrogens (tertiary/aromatic N) is 3. The average molecular weight is 394 g/mol. The number of hydrogen-bond acceptors (Lipinski definition) is 3. The Morgan fingerprint density at radius 2 is 2.08 bits per heavy atom. The second kappa shape index (κ2) is 7.13. The van der Waals surface area contributed by atoms with E-state index in [1.165, 1.54) is 25.1 Å². The van der Waals surface area contributed by atoms with Crippen LogP contribution in [0.4, 0.5) is 8.78 Å². The first kappa shape index (κ1) is 19.4. The maximum absolute atomic E-state index is 12.9. The van der Waals surface area contributed by atoms with E-state index in [1.807, 2.05) is 0 Å². The van der Waals surface area contributed by atoms with Crippen molar-refractivity contribution in [3.05, 3.63) is 45.1 Å². The fourth-order valence-corrected chi connectivity index (χ4v) is 2.68. The summed E-state index contributed by atoms with van der Waals surface area (Å²) in [5.74, 6) is -1.35. The van der Waals surface area contributed by atoms with Crippen molar-refractivity contribution in [3.8, 4) is 5.69 Å². The van der Waals surface area contributed by atoms with Gasteiger partial charge in [-0.25, -0.2) is 9.36 Å². The number of carbonyl (C=O) groups is 1. The molecule has 0 bridgehead atoms. The SMILES string of the molecule is CCC(Cl)(Cc1cc(-n2nc(C)n(C(F)F)c2=O)ccc1Cl)C(=O)O. The summed E-state index contributed by atoms with van der Waals surface area (Å²) in [5, 5.41) is 13.4. The molecule has 0 spiro atoms. The standard InChI is InChI=1S/C15H15Cl2F2N3O3/c1-3-15(17,12(23)24)7-9-6-10(4-5-11(9)16)22-14(25)21(13(18)19)8(2)20-22/h4-6,13H,3,7H2,1-2H3,(H,23,24). The second-order valence-electron chi connectivity index (χ2n) is 5.47. The van der Waals surface area contributed by atoms with Gasteiger partial charge in [0.15, 0.2) is 0 Å². The van der Waals surface area contributed by atoms with E-state index < -0.39 is 23.1 Å². The lowest BCUT2D eigenvalue weighted by atomic mass is 9.95. The quantitative estimate of drug-likeness (QED) is 0.762. The van der Waals surface area contributed by atoms with Gasteiger partial charge in [-0.1, -0.05) is 18.5 Å². The molecule has 6 nitrogen and oxygen atoms in total. The van der Waals surface area contributed by atoms with Crippen molar-refractivity contribution < 1.29 is 18.7 Å². The molecule has 2 rings (SSSR count). The number of carboxylic acids is 1. The Balaban J connectivity index is 2.52. The van der Waals surface area contributed by atoms with Gasteiger partial charge in [-0.3, -0.25) is 4.79 Å². The zero-order chi connectivity index (χ0) is 18.9. The van der Waals surface area contributed by atoms with Gasteiger partial charge in [-0.05, 0) is 37.1 Å². The molecule has 0 aliphatic carbocycles. The summed E-state index contributed by atoms with van der Waals surface area (Å²) in [6.45, 7) is -0.112. The summed E-state index contributed by atoms with van der Waals surface area (Å²) in [5.41, 5.74) is -0.450. The van der Waals surface area contributed by atoms with Crippen LogP contribution in [-0.4, -0.2) is 30.3 Å². The highest BCUT2D eigenvalue weighted by Gasteiger charge is 2.35. The normalized spacial score (nSPS) is 13.9. The lowest BCUT2D eigenvalue weighted by Gasteiger charge is -2.21. The van der Waals surface area contributed by atoms with E-state index in [4.69, 9.17) is 23.2 Å². The molecule has 1 unspecified atom stereocenters. The second-order valence-corrected chi connectivity index (χ2v) is 6.60. The van der Waals surface area contributed by atoms with E-state index in [9.17, 15) is 23.5 Å². The number of rotatable bonds is 6. The van der Waals surface area contributed by atoms with Crippen LogP contribution in [-0.2, 0) is 11.2 Å². The van der Waals surface area contributed by atoms with Crippen LogP contribution in [0.2, 0.25) is 5.02 Å². The zero-order valence-electron chi connectivity index (χ0n) is 13.3. The van der Waals surface area contributed by atoms with Gasteiger partial charge in [-0.2, -0.15) is 18.6 Å². The van der Waals surface area contributed by atoms with Gasteiger partial charge in [0, 0.05) is 11.4 Å². The van der Waals surface area contributed by atoms with Gasteiger partial charge in [0.25, 0.3) is 0 Å². The van der Waals surface area contributed by atoms with Crippen LogP contribution in [0.15, 0.2) is 23.0 Å². The van der Waals surface area contributed by atoms with Crippen LogP contribution in [0.3, 0.4) is 0 Å². The first-order valence-electron chi connectivity index (χ1n) is 7.28. The van der Waals surface area contributed by atoms with Gasteiger partial charge in [-0.15, -0.1) is 11.6 Å². The minimum absolute atomic E-state index is 0.101. The van der Waals surface area contributed by atoms with Gasteiger partial charge in [0.05, 0.1) is 5.69 Å². The van der Waals surface area contributed by atoms with Crippen LogP contribution in [0, 0.1) is 6.92 Å². The summed E-state index contributed by atoms with van der Waals surface area (Å²) in [7, 11) is 0. The molecular formula is C15H15Cl2F2N3O3. The molecule has 0 saturated heterocycles. The predicted molar refractivity (Wildman–Crippen MR) is 89.0 cm³/mol. The van der Waals surface area contributed by atoms with E-state index >= 15 is 0 Å². The highest BCUT2D eigenvalue weighted by atomic mass is 35.5. The largest absolute Gasteiger partial charge is 0.480 e. The van der Waals surface area contributed by atoms with Crippen molar-refractivity contribution in [2.24, 2.45) is 0 Å². The van der Waals surface area contributed by atoms with Gasteiger partial charge < -0.3 is 5.11 Å². The molecule has 25 heavy (non-hydrogen) atoms. The Hall–Kier alpha value is -1.93. The van der Waals surface area contributed by atoms with Crippen molar-refractivity contribution in [2.45, 2.75) is 38.1 Å². The monoisotopic (exact) mass is 393 g/mol. The molecule has 10 heteroatoms. The molecule has 0 fully saturated rings. The Morgan fingerprint density at radius 3 is 2.56 bits per heavy atom. The number of halogens is 4. The predicted octanol–water partition coefficient (Wildman–Crippen LogP) is 3.41. The fraction of sp³-hybridized carbons (Fsp3) is 0.400. The van der Waals surface area contributed by atoms with Crippen LogP contribution >= 0.6 is 23.2 Å². The van der Waals surface area contributed by atoms with Gasteiger partial charge >= 0.3 is 18.2 Å². The molecule has 1 heterocycles. The van der Waals surface area contributed by atoms with Crippen LogP contribution in [0.1, 0.15) is 31.3 Å². The molecule has 1 aromatic carbocycles. The third kappa shape index (κ3) is 3.69. The molecule has 0 aliphatic heterocycles. The van der Waals surface area contributed by atoms with Crippen LogP contribution in [0.5, 0.6) is 0 Å². The molecule has 0 radical (unpaired) electrons. The van der Waals surface area contributed by atoms with Crippen LogP contribution < -0.4 is 5.69 Å². The summed E-state index contributed by atoms with van der Waals surface area (Å²) in [6.07, 6.45) is 0.0415. The molecule has 0 saturated carbocycles. The van der Waals surface area contributed by atoms with Gasteiger partial charge in [0.1, 0.15) is 10.7 Å². The minimum atomic E-state index is -3.02. The highest BCUT2D eigenvalue weighted by molar-refractivity contribution is 6.34. The number of benzene rings is 1. The summed E-state index contributed by atoms with van der Waals surface area (Å²) >= 11 is 12.2. The van der Waals surface area contributed by atoms with Crippen LogP contribution in [0.25, 0.3) is 5.69 Å². The summed E-state index contributed by atoms with van der Waals surface area (Å²) in [6, 6.07) is 4.28. The number of aliphatic carboxylic acids is 1. The molecule has 136 valence electrons. The number of hydrogen-bond donors (Lipinski definition) is 1. The molecule has 2 aromatic rings. The lowest BCUT2D eigenvalue weighted by Crippen LogP contribution is -2.34. The van der Waals surface area contributed by atoms with E-state index in [0.717, 1.165) is 4.68 Å². The molecular weight excluding hydrogens is 379 g/mol. The highest BCUT2D eigenvalue weighted by Crippen LogP contribution is 2.30. The van der Waals surface area contributed by atoms with E-state index in [-0.39, 0.29) is 33.9 Å². The maximum Gasteiger partial charge on any atom is 0.355 e. The van der Waals surface area contributed by atoms with E-state index in [2.05, 4.69) is 5.10 Å². The van der Waals surface area contributed by atoms with Crippen molar-refractivity contribution in [1.29, 1.82) is 0 Å². The van der Waals surface area contributed by atoms with Crippen molar-refractivity contribution in [2.75, 3.05) is 0 Å². The summed E-state index contributed by atoms with van der Waals surface area (Å²) in [4.78, 5) is 21.9. The van der Waals surface area contributed by atoms with E-state index in [0.29, 0.717) is 5.56 Å². The van der Waals surface area contributed by atoms with Crippen molar-refractivity contribution in [1.82, 2.24) is 14.3 Å². The third-order valence-corrected chi connectivity index (χ3v) is 4.80. The lowest BCUT2D eigenvalue weighted by molar-refractivity contribution is -0.140. The molecule has 1 N–H and O–H groups in total.